The number of nitrogens with zero attached hydrogens (tertiary/aromatic N) is 1. The highest BCUT2D eigenvalue weighted by molar-refractivity contribution is 5.06. The van der Waals surface area contributed by atoms with Gasteiger partial charge < -0.3 is 15.4 Å². The molecular weight excluding hydrogens is 156 g/mol. The quantitative estimate of drug-likeness (QED) is 0.699. The lowest BCUT2D eigenvalue weighted by Gasteiger charge is -2.03. The second-order valence-electron chi connectivity index (χ2n) is 2.81. The molecule has 0 aliphatic rings. The summed E-state index contributed by atoms with van der Waals surface area (Å²) in [6, 6.07) is 1.74. The zero-order chi connectivity index (χ0) is 8.97. The predicted molar refractivity (Wildman–Crippen MR) is 44.5 cm³/mol. The Morgan fingerprint density at radius 2 is 2.50 bits per heavy atom. The van der Waals surface area contributed by atoms with Crippen LogP contribution in [0.25, 0.3) is 0 Å². The van der Waals surface area contributed by atoms with E-state index >= 15 is 0 Å². The summed E-state index contributed by atoms with van der Waals surface area (Å²) in [4.78, 5) is 0. The molecule has 0 saturated heterocycles. The van der Waals surface area contributed by atoms with Crippen molar-refractivity contribution < 1.29 is 9.63 Å². The number of aromatic nitrogens is 1. The highest BCUT2D eigenvalue weighted by Crippen LogP contribution is 2.16. The third-order valence-electron chi connectivity index (χ3n) is 1.67. The summed E-state index contributed by atoms with van der Waals surface area (Å²) in [6.45, 7) is 2.39. The lowest BCUT2D eigenvalue weighted by atomic mass is 10.1. The maximum Gasteiger partial charge on any atom is 0.134 e. The van der Waals surface area contributed by atoms with Gasteiger partial charge in [0.05, 0.1) is 6.10 Å². The van der Waals surface area contributed by atoms with E-state index in [9.17, 15) is 5.11 Å². The van der Waals surface area contributed by atoms with Gasteiger partial charge in [-0.3, -0.25) is 0 Å². The number of nitrogens with two attached hydrogens (primary N) is 1. The molecule has 0 aliphatic carbocycles. The monoisotopic (exact) mass is 170 g/mol. The fourth-order valence-electron chi connectivity index (χ4n) is 1.00. The van der Waals surface area contributed by atoms with Crippen molar-refractivity contribution in [1.29, 1.82) is 0 Å². The van der Waals surface area contributed by atoms with E-state index in [1.165, 1.54) is 0 Å². The number of aliphatic hydroxyl groups is 1. The summed E-state index contributed by atoms with van der Waals surface area (Å²) in [5, 5.41) is 13.2. The summed E-state index contributed by atoms with van der Waals surface area (Å²) in [7, 11) is 0. The molecule has 0 radical (unpaired) electrons. The van der Waals surface area contributed by atoms with E-state index in [0.717, 1.165) is 12.2 Å². The molecule has 0 bridgehead atoms. The molecule has 1 atom stereocenters. The van der Waals surface area contributed by atoms with Crippen molar-refractivity contribution in [1.82, 2.24) is 5.16 Å². The first-order valence-corrected chi connectivity index (χ1v) is 4.05. The van der Waals surface area contributed by atoms with Crippen molar-refractivity contribution in [2.45, 2.75) is 25.9 Å². The van der Waals surface area contributed by atoms with Crippen molar-refractivity contribution in [3.05, 3.63) is 17.5 Å². The average molecular weight is 170 g/mol. The van der Waals surface area contributed by atoms with Gasteiger partial charge in [-0.25, -0.2) is 0 Å². The zero-order valence-electron chi connectivity index (χ0n) is 7.16. The third-order valence-corrected chi connectivity index (χ3v) is 1.67. The maximum atomic E-state index is 9.49. The summed E-state index contributed by atoms with van der Waals surface area (Å²) in [5.74, 6) is 0.719. The van der Waals surface area contributed by atoms with Crippen LogP contribution in [0.15, 0.2) is 10.6 Å². The number of hydrogen-bond donors (Lipinski definition) is 2. The minimum absolute atomic E-state index is 0.536. The van der Waals surface area contributed by atoms with Gasteiger partial charge >= 0.3 is 0 Å². The molecule has 3 N–H and O–H groups in total. The summed E-state index contributed by atoms with van der Waals surface area (Å²) in [6.07, 6.45) is 0.904. The van der Waals surface area contributed by atoms with E-state index in [4.69, 9.17) is 10.3 Å². The number of aryl methyl sites for hydroxylation is 1. The number of aliphatic hydroxyl groups excluding tert-OH is 1. The fourth-order valence-corrected chi connectivity index (χ4v) is 1.00. The molecule has 1 aromatic heterocycles. The lowest BCUT2D eigenvalue weighted by Crippen LogP contribution is -2.03. The second kappa shape index (κ2) is 4.23. The third kappa shape index (κ3) is 2.32. The van der Waals surface area contributed by atoms with Crippen molar-refractivity contribution in [3.8, 4) is 0 Å². The van der Waals surface area contributed by atoms with Crippen LogP contribution in [0.3, 0.4) is 0 Å². The van der Waals surface area contributed by atoms with E-state index in [0.29, 0.717) is 18.7 Å². The highest BCUT2D eigenvalue weighted by atomic mass is 16.5. The van der Waals surface area contributed by atoms with Crippen LogP contribution in [0.2, 0.25) is 0 Å². The molecule has 0 fully saturated rings. The molecule has 1 aromatic rings. The second-order valence-corrected chi connectivity index (χ2v) is 2.81. The van der Waals surface area contributed by atoms with Crippen molar-refractivity contribution >= 4 is 0 Å². The first kappa shape index (κ1) is 9.22. The van der Waals surface area contributed by atoms with Gasteiger partial charge in [0, 0.05) is 6.07 Å². The van der Waals surface area contributed by atoms with Gasteiger partial charge in [-0.2, -0.15) is 0 Å². The van der Waals surface area contributed by atoms with Gasteiger partial charge in [-0.1, -0.05) is 5.16 Å². The van der Waals surface area contributed by atoms with Gasteiger partial charge in [-0.15, -0.1) is 0 Å². The Bertz CT molecular complexity index is 235. The van der Waals surface area contributed by atoms with E-state index in [1.54, 1.807) is 13.0 Å². The molecule has 0 spiro atoms. The molecule has 0 saturated carbocycles. The Balaban J connectivity index is 2.47. The largest absolute Gasteiger partial charge is 0.387 e. The number of rotatable bonds is 4. The number of hydrogen-bond acceptors (Lipinski definition) is 4. The Hall–Kier alpha value is -0.870. The molecule has 12 heavy (non-hydrogen) atoms. The van der Waals surface area contributed by atoms with Gasteiger partial charge in [0.2, 0.25) is 0 Å². The minimum atomic E-state index is -0.536. The van der Waals surface area contributed by atoms with E-state index in [2.05, 4.69) is 5.16 Å². The van der Waals surface area contributed by atoms with Crippen molar-refractivity contribution in [2.24, 2.45) is 5.73 Å². The van der Waals surface area contributed by atoms with Crippen LogP contribution in [-0.4, -0.2) is 16.8 Å². The first-order valence-electron chi connectivity index (χ1n) is 4.05. The van der Waals surface area contributed by atoms with Crippen molar-refractivity contribution in [3.63, 3.8) is 0 Å². The normalized spacial score (nSPS) is 13.2. The maximum absolute atomic E-state index is 9.49. The summed E-state index contributed by atoms with van der Waals surface area (Å²) in [5.41, 5.74) is 5.90. The Morgan fingerprint density at radius 1 is 1.75 bits per heavy atom. The van der Waals surface area contributed by atoms with Gasteiger partial charge in [0.25, 0.3) is 0 Å². The van der Waals surface area contributed by atoms with Crippen molar-refractivity contribution in [2.75, 3.05) is 6.54 Å². The van der Waals surface area contributed by atoms with Gasteiger partial charge in [0.15, 0.2) is 0 Å². The van der Waals surface area contributed by atoms with Crippen LogP contribution in [0.1, 0.15) is 30.4 Å². The fraction of sp³-hybridized carbons (Fsp3) is 0.625. The standard InChI is InChI=1S/C8H14N2O2/c1-6-5-7(10-12-6)8(11)3-2-4-9/h5,8,11H,2-4,9H2,1H3. The summed E-state index contributed by atoms with van der Waals surface area (Å²) < 4.78 is 4.82. The van der Waals surface area contributed by atoms with Crippen LogP contribution >= 0.6 is 0 Å². The molecule has 4 nitrogen and oxygen atoms in total. The Morgan fingerprint density at radius 3 is 3.00 bits per heavy atom. The average Bonchev–Trinajstić information content (AvgIpc) is 2.47. The Kier molecular flexibility index (Phi) is 3.25. The van der Waals surface area contributed by atoms with Crippen LogP contribution < -0.4 is 5.73 Å². The Labute approximate surface area is 71.4 Å². The molecule has 4 heteroatoms. The van der Waals surface area contributed by atoms with Crippen LogP contribution in [0, 0.1) is 6.92 Å². The predicted octanol–water partition coefficient (Wildman–Crippen LogP) is 0.755. The summed E-state index contributed by atoms with van der Waals surface area (Å²) >= 11 is 0. The molecule has 0 aliphatic heterocycles. The molecule has 1 unspecified atom stereocenters. The van der Waals surface area contributed by atoms with E-state index in [-0.39, 0.29) is 0 Å². The molecule has 0 amide bonds. The molecule has 1 rings (SSSR count). The molecular formula is C8H14N2O2. The lowest BCUT2D eigenvalue weighted by molar-refractivity contribution is 0.155. The topological polar surface area (TPSA) is 72.3 Å². The van der Waals surface area contributed by atoms with Crippen LogP contribution in [-0.2, 0) is 0 Å². The zero-order valence-corrected chi connectivity index (χ0v) is 7.16. The molecule has 68 valence electrons. The van der Waals surface area contributed by atoms with E-state index < -0.39 is 6.10 Å². The van der Waals surface area contributed by atoms with Gasteiger partial charge in [0.1, 0.15) is 11.5 Å². The van der Waals surface area contributed by atoms with Crippen LogP contribution in [0.5, 0.6) is 0 Å². The van der Waals surface area contributed by atoms with Gasteiger partial charge in [-0.05, 0) is 26.3 Å². The van der Waals surface area contributed by atoms with E-state index in [1.807, 2.05) is 0 Å². The SMILES string of the molecule is Cc1cc(C(O)CCCN)no1. The minimum Gasteiger partial charge on any atom is -0.387 e. The molecule has 0 aromatic carbocycles. The highest BCUT2D eigenvalue weighted by Gasteiger charge is 2.10. The molecule has 1 heterocycles. The first-order chi connectivity index (χ1) is 5.74. The van der Waals surface area contributed by atoms with Crippen LogP contribution in [0.4, 0.5) is 0 Å². The smallest absolute Gasteiger partial charge is 0.134 e.